The van der Waals surface area contributed by atoms with Gasteiger partial charge in [-0.15, -0.1) is 0 Å². The van der Waals surface area contributed by atoms with Crippen molar-refractivity contribution in [1.29, 1.82) is 0 Å². The third-order valence-electron chi connectivity index (χ3n) is 6.59. The molecule has 2 aromatic carbocycles. The summed E-state index contributed by atoms with van der Waals surface area (Å²) in [6.07, 6.45) is 3.84. The van der Waals surface area contributed by atoms with Crippen LogP contribution in [0.5, 0.6) is 5.75 Å². The second kappa shape index (κ2) is 12.1. The largest absolute Gasteiger partial charge is 0.493 e. The number of nitrogens with one attached hydrogen (secondary N) is 2. The predicted molar refractivity (Wildman–Crippen MR) is 140 cm³/mol. The minimum absolute atomic E-state index is 0.130. The number of rotatable bonds is 11. The van der Waals surface area contributed by atoms with Gasteiger partial charge >= 0.3 is 0 Å². The summed E-state index contributed by atoms with van der Waals surface area (Å²) in [5.74, 6) is 1.41. The van der Waals surface area contributed by atoms with Gasteiger partial charge in [0.15, 0.2) is 0 Å². The standard InChI is InChI=1S/C28H38N4O3/c1-21(2)20-35-26-12-6-22(7-13-26)28(34)30-23-8-10-25(11-9-23)32-18-14-24(19-32)29-15-4-17-31-16-3-5-27(31)33/h6-13,21,24,29H,3-5,14-20H2,1-2H3,(H,30,34). The molecule has 4 rings (SSSR count). The first-order valence-corrected chi connectivity index (χ1v) is 12.9. The van der Waals surface area contributed by atoms with Gasteiger partial charge in [0.2, 0.25) is 5.91 Å². The maximum Gasteiger partial charge on any atom is 0.255 e. The summed E-state index contributed by atoms with van der Waals surface area (Å²) < 4.78 is 5.69. The third kappa shape index (κ3) is 7.21. The molecule has 2 saturated heterocycles. The molecule has 35 heavy (non-hydrogen) atoms. The number of likely N-dealkylation sites (tertiary alicyclic amines) is 1. The summed E-state index contributed by atoms with van der Waals surface area (Å²) in [6.45, 7) is 9.59. The van der Waals surface area contributed by atoms with Crippen LogP contribution in [0, 0.1) is 5.92 Å². The van der Waals surface area contributed by atoms with E-state index in [9.17, 15) is 9.59 Å². The molecule has 0 saturated carbocycles. The maximum absolute atomic E-state index is 12.6. The molecule has 0 aliphatic carbocycles. The molecule has 0 aromatic heterocycles. The minimum atomic E-state index is -0.130. The number of carbonyl (C=O) groups excluding carboxylic acids is 2. The first-order chi connectivity index (χ1) is 17.0. The summed E-state index contributed by atoms with van der Waals surface area (Å²) in [6, 6.07) is 15.8. The van der Waals surface area contributed by atoms with E-state index in [4.69, 9.17) is 4.74 Å². The lowest BCUT2D eigenvalue weighted by molar-refractivity contribution is -0.127. The molecule has 2 aliphatic rings. The van der Waals surface area contributed by atoms with Crippen molar-refractivity contribution < 1.29 is 14.3 Å². The molecule has 2 N–H and O–H groups in total. The zero-order valence-electron chi connectivity index (χ0n) is 21.0. The van der Waals surface area contributed by atoms with Crippen LogP contribution in [0.4, 0.5) is 11.4 Å². The number of carbonyl (C=O) groups is 2. The van der Waals surface area contributed by atoms with Gasteiger partial charge in [-0.3, -0.25) is 9.59 Å². The number of amides is 2. The van der Waals surface area contributed by atoms with Crippen LogP contribution in [0.15, 0.2) is 48.5 Å². The van der Waals surface area contributed by atoms with Crippen molar-refractivity contribution in [2.75, 3.05) is 49.5 Å². The van der Waals surface area contributed by atoms with Crippen molar-refractivity contribution in [3.8, 4) is 5.75 Å². The molecule has 2 amide bonds. The van der Waals surface area contributed by atoms with Gasteiger partial charge in [0.1, 0.15) is 5.75 Å². The SMILES string of the molecule is CC(C)COc1ccc(C(=O)Nc2ccc(N3CCC(NCCCN4CCCC4=O)C3)cc2)cc1. The lowest BCUT2D eigenvalue weighted by atomic mass is 10.2. The Kier molecular flexibility index (Phi) is 8.64. The minimum Gasteiger partial charge on any atom is -0.493 e. The smallest absolute Gasteiger partial charge is 0.255 e. The Morgan fingerprint density at radius 2 is 1.86 bits per heavy atom. The van der Waals surface area contributed by atoms with Gasteiger partial charge in [-0.2, -0.15) is 0 Å². The van der Waals surface area contributed by atoms with E-state index >= 15 is 0 Å². The number of anilines is 2. The topological polar surface area (TPSA) is 73.9 Å². The second-order valence-corrected chi connectivity index (χ2v) is 9.95. The van der Waals surface area contributed by atoms with Crippen molar-refractivity contribution in [3.63, 3.8) is 0 Å². The van der Waals surface area contributed by atoms with Gasteiger partial charge in [0, 0.05) is 55.6 Å². The van der Waals surface area contributed by atoms with E-state index in [0.717, 1.165) is 63.4 Å². The fourth-order valence-electron chi connectivity index (χ4n) is 4.60. The highest BCUT2D eigenvalue weighted by Gasteiger charge is 2.23. The van der Waals surface area contributed by atoms with Crippen LogP contribution in [0.2, 0.25) is 0 Å². The molecule has 0 bridgehead atoms. The van der Waals surface area contributed by atoms with E-state index in [1.54, 1.807) is 12.1 Å². The summed E-state index contributed by atoms with van der Waals surface area (Å²) in [5.41, 5.74) is 2.55. The number of ether oxygens (including phenoxy) is 1. The van der Waals surface area contributed by atoms with Crippen molar-refractivity contribution in [2.45, 2.75) is 45.6 Å². The Balaban J connectivity index is 1.19. The molecule has 1 unspecified atom stereocenters. The molecule has 2 heterocycles. The van der Waals surface area contributed by atoms with E-state index in [-0.39, 0.29) is 5.91 Å². The van der Waals surface area contributed by atoms with E-state index < -0.39 is 0 Å². The number of benzene rings is 2. The summed E-state index contributed by atoms with van der Waals surface area (Å²) in [7, 11) is 0. The number of hydrogen-bond donors (Lipinski definition) is 2. The molecular weight excluding hydrogens is 440 g/mol. The monoisotopic (exact) mass is 478 g/mol. The van der Waals surface area contributed by atoms with Crippen LogP contribution in [0.25, 0.3) is 0 Å². The Bertz CT molecular complexity index is 975. The average Bonchev–Trinajstić information content (AvgIpc) is 3.50. The van der Waals surface area contributed by atoms with Crippen LogP contribution in [-0.2, 0) is 4.79 Å². The fourth-order valence-corrected chi connectivity index (χ4v) is 4.60. The van der Waals surface area contributed by atoms with Crippen LogP contribution in [0.3, 0.4) is 0 Å². The van der Waals surface area contributed by atoms with Crippen LogP contribution >= 0.6 is 0 Å². The van der Waals surface area contributed by atoms with Crippen LogP contribution in [0.1, 0.15) is 49.9 Å². The third-order valence-corrected chi connectivity index (χ3v) is 6.59. The molecule has 7 nitrogen and oxygen atoms in total. The van der Waals surface area contributed by atoms with Gasteiger partial charge in [-0.05, 0) is 80.3 Å². The maximum atomic E-state index is 12.6. The molecule has 0 spiro atoms. The van der Waals surface area contributed by atoms with Gasteiger partial charge in [0.05, 0.1) is 6.61 Å². The molecule has 188 valence electrons. The van der Waals surface area contributed by atoms with E-state index in [0.29, 0.717) is 36.5 Å². The normalized spacial score (nSPS) is 17.9. The van der Waals surface area contributed by atoms with Crippen molar-refractivity contribution in [2.24, 2.45) is 5.92 Å². The highest BCUT2D eigenvalue weighted by atomic mass is 16.5. The van der Waals surface area contributed by atoms with Crippen molar-refractivity contribution in [1.82, 2.24) is 10.2 Å². The number of nitrogens with zero attached hydrogens (tertiary/aromatic N) is 2. The van der Waals surface area contributed by atoms with Crippen LogP contribution < -0.4 is 20.3 Å². The molecular formula is C28H38N4O3. The lowest BCUT2D eigenvalue weighted by Gasteiger charge is -2.20. The first-order valence-electron chi connectivity index (χ1n) is 12.9. The number of hydrogen-bond acceptors (Lipinski definition) is 5. The van der Waals surface area contributed by atoms with E-state index in [2.05, 4.69) is 41.5 Å². The molecule has 0 radical (unpaired) electrons. The zero-order chi connectivity index (χ0) is 24.6. The Hall–Kier alpha value is -3.06. The van der Waals surface area contributed by atoms with Gasteiger partial charge in [-0.1, -0.05) is 13.8 Å². The van der Waals surface area contributed by atoms with E-state index in [1.807, 2.05) is 29.2 Å². The van der Waals surface area contributed by atoms with Crippen molar-refractivity contribution >= 4 is 23.2 Å². The molecule has 2 aliphatic heterocycles. The molecule has 2 aromatic rings. The summed E-state index contributed by atoms with van der Waals surface area (Å²) in [4.78, 5) is 28.7. The van der Waals surface area contributed by atoms with Crippen molar-refractivity contribution in [3.05, 3.63) is 54.1 Å². The van der Waals surface area contributed by atoms with E-state index in [1.165, 1.54) is 5.69 Å². The summed E-state index contributed by atoms with van der Waals surface area (Å²) >= 11 is 0. The van der Waals surface area contributed by atoms with Gasteiger partial charge in [-0.25, -0.2) is 0 Å². The zero-order valence-corrected chi connectivity index (χ0v) is 21.0. The highest BCUT2D eigenvalue weighted by molar-refractivity contribution is 6.04. The quantitative estimate of drug-likeness (QED) is 0.475. The Morgan fingerprint density at radius 1 is 1.09 bits per heavy atom. The van der Waals surface area contributed by atoms with Gasteiger partial charge < -0.3 is 25.2 Å². The molecule has 1 atom stereocenters. The van der Waals surface area contributed by atoms with Gasteiger partial charge in [0.25, 0.3) is 5.91 Å². The highest BCUT2D eigenvalue weighted by Crippen LogP contribution is 2.23. The molecule has 2 fully saturated rings. The lowest BCUT2D eigenvalue weighted by Crippen LogP contribution is -2.35. The Labute approximate surface area is 208 Å². The summed E-state index contributed by atoms with van der Waals surface area (Å²) in [5, 5.41) is 6.62. The fraction of sp³-hybridized carbons (Fsp3) is 0.500. The predicted octanol–water partition coefficient (Wildman–Crippen LogP) is 4.15. The first kappa shape index (κ1) is 25.0. The second-order valence-electron chi connectivity index (χ2n) is 9.95. The molecule has 7 heteroatoms. The average molecular weight is 479 g/mol. The Morgan fingerprint density at radius 3 is 2.54 bits per heavy atom. The van der Waals surface area contributed by atoms with Crippen LogP contribution in [-0.4, -0.2) is 62.1 Å².